The molecule has 0 aliphatic carbocycles. The van der Waals surface area contributed by atoms with Crippen molar-refractivity contribution in [1.29, 1.82) is 0 Å². The monoisotopic (exact) mass is 242 g/mol. The fourth-order valence-corrected chi connectivity index (χ4v) is 2.02. The maximum atomic E-state index is 10.6. The molecular weight excluding hydrogens is 216 g/mol. The first-order valence-electron chi connectivity index (χ1n) is 6.62. The van der Waals surface area contributed by atoms with E-state index in [1.165, 1.54) is 0 Å². The molecule has 0 heterocycles. The highest BCUT2D eigenvalue weighted by atomic mass is 16.4. The number of hydrogen-bond acceptors (Lipinski definition) is 2. The van der Waals surface area contributed by atoms with Crippen LogP contribution in [-0.4, -0.2) is 22.3 Å². The second-order valence-electron chi connectivity index (χ2n) is 4.71. The molecule has 2 atom stereocenters. The number of unbranched alkanes of at least 4 members (excludes halogenated alkanes) is 1. The van der Waals surface area contributed by atoms with Crippen LogP contribution in [0.5, 0.6) is 0 Å². The van der Waals surface area contributed by atoms with Gasteiger partial charge in [0.1, 0.15) is 0 Å². The zero-order valence-corrected chi connectivity index (χ0v) is 11.1. The number of aliphatic hydroxyl groups is 1. The Balaban J connectivity index is 4.13. The summed E-state index contributed by atoms with van der Waals surface area (Å²) in [5.74, 6) is -0.717. The van der Waals surface area contributed by atoms with Gasteiger partial charge in [0.15, 0.2) is 0 Å². The molecule has 0 aliphatic heterocycles. The Kier molecular flexibility index (Phi) is 8.78. The summed E-state index contributed by atoms with van der Waals surface area (Å²) < 4.78 is 0. The van der Waals surface area contributed by atoms with Crippen molar-refractivity contribution in [3.8, 4) is 0 Å². The van der Waals surface area contributed by atoms with Gasteiger partial charge in [0.05, 0.1) is 6.10 Å². The van der Waals surface area contributed by atoms with Gasteiger partial charge in [0.2, 0.25) is 0 Å². The zero-order valence-electron chi connectivity index (χ0n) is 11.1. The van der Waals surface area contributed by atoms with E-state index in [2.05, 4.69) is 20.4 Å². The minimum absolute atomic E-state index is 0.211. The van der Waals surface area contributed by atoms with E-state index in [0.29, 0.717) is 6.42 Å². The van der Waals surface area contributed by atoms with E-state index in [1.807, 2.05) is 0 Å². The Hall–Kier alpha value is -0.830. The number of aliphatic carboxylic acids is 1. The zero-order chi connectivity index (χ0) is 13.3. The Bertz CT molecular complexity index is 236. The van der Waals surface area contributed by atoms with Gasteiger partial charge >= 0.3 is 5.97 Å². The van der Waals surface area contributed by atoms with Gasteiger partial charge in [0.25, 0.3) is 0 Å². The molecule has 0 amide bonds. The summed E-state index contributed by atoms with van der Waals surface area (Å²) in [4.78, 5) is 10.6. The van der Waals surface area contributed by atoms with E-state index in [1.54, 1.807) is 0 Å². The predicted octanol–water partition coefficient (Wildman–Crippen LogP) is 3.37. The molecule has 0 saturated carbocycles. The largest absolute Gasteiger partial charge is 0.478 e. The minimum Gasteiger partial charge on any atom is -0.478 e. The van der Waals surface area contributed by atoms with Crippen LogP contribution >= 0.6 is 0 Å². The van der Waals surface area contributed by atoms with Crippen molar-refractivity contribution in [3.05, 3.63) is 12.2 Å². The van der Waals surface area contributed by atoms with Crippen LogP contribution in [0.3, 0.4) is 0 Å². The normalized spacial score (nSPS) is 14.3. The molecule has 0 fully saturated rings. The van der Waals surface area contributed by atoms with Crippen molar-refractivity contribution in [2.24, 2.45) is 5.92 Å². The lowest BCUT2D eigenvalue weighted by molar-refractivity contribution is -0.132. The topological polar surface area (TPSA) is 57.5 Å². The molecule has 2 N–H and O–H groups in total. The quantitative estimate of drug-likeness (QED) is 0.577. The Morgan fingerprint density at radius 1 is 1.18 bits per heavy atom. The molecule has 0 rings (SSSR count). The van der Waals surface area contributed by atoms with Gasteiger partial charge < -0.3 is 10.2 Å². The molecule has 0 bridgehead atoms. The van der Waals surface area contributed by atoms with Gasteiger partial charge in [0, 0.05) is 5.57 Å². The number of rotatable bonds is 10. The van der Waals surface area contributed by atoms with E-state index in [-0.39, 0.29) is 17.6 Å². The van der Waals surface area contributed by atoms with Crippen LogP contribution < -0.4 is 0 Å². The Labute approximate surface area is 105 Å². The Morgan fingerprint density at radius 3 is 2.29 bits per heavy atom. The molecule has 3 heteroatoms. The van der Waals surface area contributed by atoms with E-state index in [4.69, 9.17) is 5.11 Å². The van der Waals surface area contributed by atoms with E-state index >= 15 is 0 Å². The second-order valence-corrected chi connectivity index (χ2v) is 4.71. The summed E-state index contributed by atoms with van der Waals surface area (Å²) in [6.07, 6.45) is 5.81. The molecule has 0 spiro atoms. The molecule has 0 aromatic heterocycles. The lowest BCUT2D eigenvalue weighted by Crippen LogP contribution is -2.21. The first-order valence-corrected chi connectivity index (χ1v) is 6.62. The average Bonchev–Trinajstić information content (AvgIpc) is 2.30. The predicted molar refractivity (Wildman–Crippen MR) is 69.9 cm³/mol. The first kappa shape index (κ1) is 16.2. The fraction of sp³-hybridized carbons (Fsp3) is 0.786. The van der Waals surface area contributed by atoms with Crippen LogP contribution in [0.15, 0.2) is 12.2 Å². The second kappa shape index (κ2) is 9.23. The number of hydrogen-bond donors (Lipinski definition) is 2. The summed E-state index contributed by atoms with van der Waals surface area (Å²) in [7, 11) is 0. The lowest BCUT2D eigenvalue weighted by Gasteiger charge is -2.22. The standard InChI is InChI=1S/C14H26O3/c1-4-6-8-13(15)12(7-5-2)10-9-11(3)14(16)17/h12-13,15H,3-10H2,1-2H3,(H,16,17). The van der Waals surface area contributed by atoms with Gasteiger partial charge in [-0.05, 0) is 31.6 Å². The fourth-order valence-electron chi connectivity index (χ4n) is 2.02. The number of carboxylic acid groups (broad SMARTS) is 1. The van der Waals surface area contributed by atoms with Gasteiger partial charge in [-0.15, -0.1) is 0 Å². The van der Waals surface area contributed by atoms with Gasteiger partial charge in [-0.3, -0.25) is 0 Å². The molecule has 0 radical (unpaired) electrons. The summed E-state index contributed by atoms with van der Waals surface area (Å²) in [6.45, 7) is 7.72. The summed E-state index contributed by atoms with van der Waals surface area (Å²) in [5, 5.41) is 18.8. The molecule has 2 unspecified atom stereocenters. The molecule has 17 heavy (non-hydrogen) atoms. The number of carbonyl (C=O) groups is 1. The maximum Gasteiger partial charge on any atom is 0.330 e. The van der Waals surface area contributed by atoms with Crippen LogP contribution in [0, 0.1) is 5.92 Å². The van der Waals surface area contributed by atoms with Gasteiger partial charge in [-0.1, -0.05) is 39.7 Å². The molecule has 0 aliphatic rings. The van der Waals surface area contributed by atoms with Gasteiger partial charge in [-0.25, -0.2) is 4.79 Å². The van der Waals surface area contributed by atoms with Gasteiger partial charge in [-0.2, -0.15) is 0 Å². The molecule has 0 aromatic carbocycles. The molecule has 100 valence electrons. The molecule has 0 aromatic rings. The summed E-state index contributed by atoms with van der Waals surface area (Å²) in [6, 6.07) is 0. The molecule has 3 nitrogen and oxygen atoms in total. The molecular formula is C14H26O3. The third-order valence-electron chi connectivity index (χ3n) is 3.18. The van der Waals surface area contributed by atoms with Crippen LogP contribution in [0.25, 0.3) is 0 Å². The summed E-state index contributed by atoms with van der Waals surface area (Å²) >= 11 is 0. The van der Waals surface area contributed by atoms with Crippen molar-refractivity contribution in [1.82, 2.24) is 0 Å². The van der Waals surface area contributed by atoms with E-state index in [9.17, 15) is 9.90 Å². The van der Waals surface area contributed by atoms with Crippen molar-refractivity contribution in [2.75, 3.05) is 0 Å². The minimum atomic E-state index is -0.928. The van der Waals surface area contributed by atoms with Crippen molar-refractivity contribution >= 4 is 5.97 Å². The van der Waals surface area contributed by atoms with Crippen LogP contribution in [0.1, 0.15) is 58.8 Å². The Morgan fingerprint density at radius 2 is 1.82 bits per heavy atom. The third kappa shape index (κ3) is 7.16. The van der Waals surface area contributed by atoms with Crippen LogP contribution in [0.4, 0.5) is 0 Å². The van der Waals surface area contributed by atoms with E-state index in [0.717, 1.165) is 38.5 Å². The lowest BCUT2D eigenvalue weighted by atomic mass is 9.88. The number of aliphatic hydroxyl groups excluding tert-OH is 1. The SMILES string of the molecule is C=C(CCC(CCC)C(O)CCCC)C(=O)O. The van der Waals surface area contributed by atoms with Crippen LogP contribution in [-0.2, 0) is 4.79 Å². The highest BCUT2D eigenvalue weighted by molar-refractivity contribution is 5.85. The highest BCUT2D eigenvalue weighted by Gasteiger charge is 2.18. The highest BCUT2D eigenvalue weighted by Crippen LogP contribution is 2.23. The molecule has 0 saturated heterocycles. The first-order chi connectivity index (χ1) is 8.02. The van der Waals surface area contributed by atoms with Crippen molar-refractivity contribution in [3.63, 3.8) is 0 Å². The smallest absolute Gasteiger partial charge is 0.330 e. The average molecular weight is 242 g/mol. The van der Waals surface area contributed by atoms with Crippen molar-refractivity contribution in [2.45, 2.75) is 64.9 Å². The van der Waals surface area contributed by atoms with Crippen LogP contribution in [0.2, 0.25) is 0 Å². The summed E-state index contributed by atoms with van der Waals surface area (Å²) in [5.41, 5.74) is 0.244. The third-order valence-corrected chi connectivity index (χ3v) is 3.18. The number of carboxylic acids is 1. The maximum absolute atomic E-state index is 10.6. The van der Waals surface area contributed by atoms with Crippen molar-refractivity contribution < 1.29 is 15.0 Å². The van der Waals surface area contributed by atoms with E-state index < -0.39 is 5.97 Å².